The van der Waals surface area contributed by atoms with Crippen LogP contribution in [-0.2, 0) is 34.0 Å². The Labute approximate surface area is 193 Å². The highest BCUT2D eigenvalue weighted by atomic mass is 19.4. The zero-order valence-electron chi connectivity index (χ0n) is 18.4. The van der Waals surface area contributed by atoms with Gasteiger partial charge in [-0.25, -0.2) is 4.79 Å². The Morgan fingerprint density at radius 2 is 1.97 bits per heavy atom. The van der Waals surface area contributed by atoms with Crippen LogP contribution in [0.3, 0.4) is 0 Å². The second-order valence-corrected chi connectivity index (χ2v) is 7.77. The van der Waals surface area contributed by atoms with E-state index in [-0.39, 0.29) is 25.2 Å². The molecule has 1 atom stereocenters. The minimum Gasteiger partial charge on any atom is -0.475 e. The molecule has 1 aromatic carbocycles. The van der Waals surface area contributed by atoms with E-state index in [9.17, 15) is 18.0 Å². The molecule has 1 amide bonds. The smallest absolute Gasteiger partial charge is 0.475 e. The van der Waals surface area contributed by atoms with E-state index >= 15 is 0 Å². The fraction of sp³-hybridized carbons (Fsp3) is 0.476. The van der Waals surface area contributed by atoms with Crippen molar-refractivity contribution in [2.45, 2.75) is 25.8 Å². The van der Waals surface area contributed by atoms with Crippen LogP contribution in [0, 0.1) is 5.92 Å². The molecule has 3 heterocycles. The number of nitrogens with zero attached hydrogens (tertiary/aromatic N) is 3. The SMILES string of the molecule is COCC(=O)NCC1CN(Cc2ccc3c(c2)OCO3)Cc2ccnn2C1.O=C(O)C(F)(F)F. The number of halogens is 3. The van der Waals surface area contributed by atoms with Crippen molar-refractivity contribution in [2.75, 3.05) is 33.6 Å². The number of rotatable bonds is 6. The first kappa shape index (κ1) is 25.3. The Bertz CT molecular complexity index is 997. The number of methoxy groups -OCH3 is 1. The van der Waals surface area contributed by atoms with E-state index in [2.05, 4.69) is 27.4 Å². The molecule has 186 valence electrons. The third-order valence-corrected chi connectivity index (χ3v) is 5.09. The predicted molar refractivity (Wildman–Crippen MR) is 111 cm³/mol. The summed E-state index contributed by atoms with van der Waals surface area (Å²) in [5.74, 6) is -0.986. The van der Waals surface area contributed by atoms with Gasteiger partial charge in [0.05, 0.1) is 5.69 Å². The maximum Gasteiger partial charge on any atom is 0.490 e. The van der Waals surface area contributed by atoms with Crippen molar-refractivity contribution >= 4 is 11.9 Å². The average Bonchev–Trinajstić information content (AvgIpc) is 3.37. The molecule has 0 spiro atoms. The number of carboxylic acid groups (broad SMARTS) is 1. The van der Waals surface area contributed by atoms with Gasteiger partial charge in [-0.2, -0.15) is 18.3 Å². The van der Waals surface area contributed by atoms with E-state index in [0.29, 0.717) is 6.54 Å². The molecule has 2 aliphatic rings. The van der Waals surface area contributed by atoms with E-state index in [4.69, 9.17) is 24.1 Å². The van der Waals surface area contributed by atoms with Crippen molar-refractivity contribution in [1.29, 1.82) is 0 Å². The highest BCUT2D eigenvalue weighted by molar-refractivity contribution is 5.77. The Kier molecular flexibility index (Phi) is 8.34. The second-order valence-electron chi connectivity index (χ2n) is 7.77. The number of ether oxygens (including phenoxy) is 3. The Morgan fingerprint density at radius 1 is 1.24 bits per heavy atom. The number of carboxylic acids is 1. The summed E-state index contributed by atoms with van der Waals surface area (Å²) >= 11 is 0. The number of amides is 1. The number of aliphatic carboxylic acids is 1. The van der Waals surface area contributed by atoms with Crippen molar-refractivity contribution in [3.8, 4) is 11.5 Å². The number of carbonyl (C=O) groups excluding carboxylic acids is 1. The van der Waals surface area contributed by atoms with Crippen LogP contribution in [0.5, 0.6) is 11.5 Å². The molecule has 2 aromatic rings. The molecule has 2 N–H and O–H groups in total. The van der Waals surface area contributed by atoms with E-state index < -0.39 is 12.1 Å². The van der Waals surface area contributed by atoms with E-state index in [1.165, 1.54) is 18.4 Å². The molecule has 2 aliphatic heterocycles. The summed E-state index contributed by atoms with van der Waals surface area (Å²) in [6.07, 6.45) is -3.25. The molecule has 0 saturated heterocycles. The number of aromatic nitrogens is 2. The number of nitrogens with one attached hydrogen (secondary N) is 1. The van der Waals surface area contributed by atoms with Gasteiger partial charge in [-0.3, -0.25) is 14.4 Å². The van der Waals surface area contributed by atoms with Crippen LogP contribution in [0.1, 0.15) is 11.3 Å². The normalized spacial score (nSPS) is 17.2. The van der Waals surface area contributed by atoms with Gasteiger partial charge in [0.1, 0.15) is 6.61 Å². The summed E-state index contributed by atoms with van der Waals surface area (Å²) in [7, 11) is 1.52. The van der Waals surface area contributed by atoms with Crippen LogP contribution in [0.15, 0.2) is 30.5 Å². The van der Waals surface area contributed by atoms with Gasteiger partial charge in [-0.1, -0.05) is 6.07 Å². The minimum atomic E-state index is -5.08. The molecule has 0 saturated carbocycles. The topological polar surface area (TPSA) is 115 Å². The van der Waals surface area contributed by atoms with Crippen LogP contribution < -0.4 is 14.8 Å². The molecule has 10 nitrogen and oxygen atoms in total. The molecule has 0 aliphatic carbocycles. The number of benzene rings is 1. The van der Waals surface area contributed by atoms with Crippen molar-refractivity contribution in [1.82, 2.24) is 20.0 Å². The summed E-state index contributed by atoms with van der Waals surface area (Å²) in [6, 6.07) is 8.13. The number of hydrogen-bond acceptors (Lipinski definition) is 7. The number of hydrogen-bond donors (Lipinski definition) is 2. The molecule has 0 bridgehead atoms. The Morgan fingerprint density at radius 3 is 2.68 bits per heavy atom. The molecule has 13 heteroatoms. The summed E-state index contributed by atoms with van der Waals surface area (Å²) in [5, 5.41) is 14.5. The molecule has 1 unspecified atom stereocenters. The predicted octanol–water partition coefficient (Wildman–Crippen LogP) is 1.64. The average molecular weight is 486 g/mol. The third kappa shape index (κ3) is 7.09. The lowest BCUT2D eigenvalue weighted by Gasteiger charge is -2.24. The van der Waals surface area contributed by atoms with Crippen LogP contribution in [-0.4, -0.2) is 71.4 Å². The minimum absolute atomic E-state index is 0.0840. The highest BCUT2D eigenvalue weighted by Gasteiger charge is 2.38. The van der Waals surface area contributed by atoms with Crippen molar-refractivity contribution in [2.24, 2.45) is 5.92 Å². The first-order chi connectivity index (χ1) is 16.2. The Balaban J connectivity index is 0.000000406. The van der Waals surface area contributed by atoms with Gasteiger partial charge >= 0.3 is 12.1 Å². The maximum atomic E-state index is 11.8. The fourth-order valence-corrected chi connectivity index (χ4v) is 3.61. The molecular formula is C21H25F3N4O6. The largest absolute Gasteiger partial charge is 0.490 e. The lowest BCUT2D eigenvalue weighted by molar-refractivity contribution is -0.192. The summed E-state index contributed by atoms with van der Waals surface area (Å²) in [6.45, 7) is 4.23. The van der Waals surface area contributed by atoms with Crippen LogP contribution in [0.25, 0.3) is 0 Å². The van der Waals surface area contributed by atoms with Gasteiger partial charge in [0.25, 0.3) is 0 Å². The van der Waals surface area contributed by atoms with Gasteiger partial charge in [0.15, 0.2) is 11.5 Å². The monoisotopic (exact) mass is 486 g/mol. The number of carbonyl (C=O) groups is 2. The zero-order chi connectivity index (χ0) is 24.7. The van der Waals surface area contributed by atoms with Gasteiger partial charge < -0.3 is 24.6 Å². The Hall–Kier alpha value is -3.32. The fourth-order valence-electron chi connectivity index (χ4n) is 3.61. The van der Waals surface area contributed by atoms with Crippen molar-refractivity contribution in [3.63, 3.8) is 0 Å². The molecule has 0 fully saturated rings. The zero-order valence-corrected chi connectivity index (χ0v) is 18.4. The highest BCUT2D eigenvalue weighted by Crippen LogP contribution is 2.33. The van der Waals surface area contributed by atoms with Crippen LogP contribution >= 0.6 is 0 Å². The van der Waals surface area contributed by atoms with Crippen LogP contribution in [0.2, 0.25) is 0 Å². The summed E-state index contributed by atoms with van der Waals surface area (Å²) < 4.78 is 49.5. The standard InChI is InChI=1S/C19H24N4O4.C2HF3O2/c1-25-12-19(24)20-7-15-9-22(11-16-4-5-21-23(16)10-15)8-14-2-3-17-18(6-14)27-13-26-17;3-2(4,5)1(6)7/h2-6,15H,7-13H2,1H3,(H,20,24);(H,6,7). The maximum absolute atomic E-state index is 11.8. The molecule has 4 rings (SSSR count). The molecule has 1 aromatic heterocycles. The van der Waals surface area contributed by atoms with Crippen LogP contribution in [0.4, 0.5) is 13.2 Å². The van der Waals surface area contributed by atoms with Gasteiger partial charge in [0, 0.05) is 51.9 Å². The van der Waals surface area contributed by atoms with Gasteiger partial charge in [0.2, 0.25) is 12.7 Å². The molecule has 0 radical (unpaired) electrons. The number of alkyl halides is 3. The molecule has 34 heavy (non-hydrogen) atoms. The van der Waals surface area contributed by atoms with E-state index in [1.54, 1.807) is 0 Å². The lowest BCUT2D eigenvalue weighted by Crippen LogP contribution is -2.37. The van der Waals surface area contributed by atoms with Gasteiger partial charge in [-0.05, 0) is 23.8 Å². The van der Waals surface area contributed by atoms with Crippen molar-refractivity contribution < 1.29 is 42.1 Å². The third-order valence-electron chi connectivity index (χ3n) is 5.09. The van der Waals surface area contributed by atoms with Gasteiger partial charge in [-0.15, -0.1) is 0 Å². The second kappa shape index (κ2) is 11.2. The van der Waals surface area contributed by atoms with E-state index in [1.807, 2.05) is 23.0 Å². The first-order valence-corrected chi connectivity index (χ1v) is 10.3. The first-order valence-electron chi connectivity index (χ1n) is 10.3. The quantitative estimate of drug-likeness (QED) is 0.634. The lowest BCUT2D eigenvalue weighted by atomic mass is 10.1. The van der Waals surface area contributed by atoms with E-state index in [0.717, 1.165) is 37.7 Å². The summed E-state index contributed by atoms with van der Waals surface area (Å²) in [4.78, 5) is 23.0. The number of fused-ring (bicyclic) bond motifs is 2. The van der Waals surface area contributed by atoms with Crippen molar-refractivity contribution in [3.05, 3.63) is 41.7 Å². The summed E-state index contributed by atoms with van der Waals surface area (Å²) in [5.41, 5.74) is 2.36. The molecular weight excluding hydrogens is 461 g/mol.